The first-order chi connectivity index (χ1) is 9.65. The predicted molar refractivity (Wildman–Crippen MR) is 91.7 cm³/mol. The lowest BCUT2D eigenvalue weighted by Gasteiger charge is -2.36. The van der Waals surface area contributed by atoms with E-state index in [1.165, 1.54) is 37.1 Å². The summed E-state index contributed by atoms with van der Waals surface area (Å²) in [5.41, 5.74) is 0.430. The van der Waals surface area contributed by atoms with E-state index in [-0.39, 0.29) is 0 Å². The van der Waals surface area contributed by atoms with E-state index in [0.29, 0.717) is 5.41 Å². The Kier molecular flexibility index (Phi) is 8.43. The molecule has 0 aliphatic rings. The zero-order valence-corrected chi connectivity index (χ0v) is 14.6. The van der Waals surface area contributed by atoms with Crippen LogP contribution in [-0.2, 0) is 6.42 Å². The summed E-state index contributed by atoms with van der Waals surface area (Å²) in [6, 6.07) is 4.39. The molecule has 3 heteroatoms. The molecule has 0 aromatic carbocycles. The van der Waals surface area contributed by atoms with Gasteiger partial charge in [-0.15, -0.1) is 11.3 Å². The standard InChI is InChI=1S/C17H32N2S/c1-5-11-18-14-17(6-2,7-3)15-19(4)12-10-16-9-8-13-20-16/h8-9,13,18H,5-7,10-12,14-15H2,1-4H3. The molecule has 0 atom stereocenters. The van der Waals surface area contributed by atoms with Crippen molar-refractivity contribution in [2.24, 2.45) is 5.41 Å². The van der Waals surface area contributed by atoms with Gasteiger partial charge in [0.05, 0.1) is 0 Å². The van der Waals surface area contributed by atoms with E-state index < -0.39 is 0 Å². The zero-order valence-electron chi connectivity index (χ0n) is 13.7. The monoisotopic (exact) mass is 296 g/mol. The summed E-state index contributed by atoms with van der Waals surface area (Å²) in [4.78, 5) is 4.01. The van der Waals surface area contributed by atoms with Crippen LogP contribution in [0.3, 0.4) is 0 Å². The average Bonchev–Trinajstić information content (AvgIpc) is 2.97. The van der Waals surface area contributed by atoms with Gasteiger partial charge < -0.3 is 10.2 Å². The van der Waals surface area contributed by atoms with Gasteiger partial charge in [-0.1, -0.05) is 26.8 Å². The van der Waals surface area contributed by atoms with Crippen LogP contribution in [0.15, 0.2) is 17.5 Å². The quantitative estimate of drug-likeness (QED) is 0.620. The number of nitrogens with one attached hydrogen (secondary N) is 1. The van der Waals surface area contributed by atoms with Crippen LogP contribution < -0.4 is 5.32 Å². The molecule has 1 rings (SSSR count). The Morgan fingerprint density at radius 1 is 1.25 bits per heavy atom. The number of likely N-dealkylation sites (N-methyl/N-ethyl adjacent to an activating group) is 1. The highest BCUT2D eigenvalue weighted by atomic mass is 32.1. The molecule has 0 aliphatic carbocycles. The number of rotatable bonds is 11. The number of nitrogens with zero attached hydrogens (tertiary/aromatic N) is 1. The molecule has 0 radical (unpaired) electrons. The molecule has 1 N–H and O–H groups in total. The number of hydrogen-bond donors (Lipinski definition) is 1. The summed E-state index contributed by atoms with van der Waals surface area (Å²) in [6.07, 6.45) is 4.91. The van der Waals surface area contributed by atoms with Crippen LogP contribution in [-0.4, -0.2) is 38.1 Å². The lowest BCUT2D eigenvalue weighted by atomic mass is 9.81. The third kappa shape index (κ3) is 5.94. The predicted octanol–water partition coefficient (Wildman–Crippen LogP) is 4.03. The molecule has 1 aromatic rings. The fourth-order valence-electron chi connectivity index (χ4n) is 2.72. The summed E-state index contributed by atoms with van der Waals surface area (Å²) >= 11 is 1.87. The maximum atomic E-state index is 3.63. The highest BCUT2D eigenvalue weighted by Crippen LogP contribution is 2.26. The summed E-state index contributed by atoms with van der Waals surface area (Å²) < 4.78 is 0. The van der Waals surface area contributed by atoms with Crippen molar-refractivity contribution in [2.45, 2.75) is 46.5 Å². The third-order valence-electron chi connectivity index (χ3n) is 4.35. The normalized spacial score (nSPS) is 12.2. The van der Waals surface area contributed by atoms with Gasteiger partial charge in [0.1, 0.15) is 0 Å². The molecule has 116 valence electrons. The SMILES string of the molecule is CCCNCC(CC)(CC)CN(C)CCc1cccs1. The van der Waals surface area contributed by atoms with E-state index in [4.69, 9.17) is 0 Å². The molecule has 0 amide bonds. The number of thiophene rings is 1. The second-order valence-corrected chi connectivity index (χ2v) is 6.98. The second-order valence-electron chi connectivity index (χ2n) is 5.95. The lowest BCUT2D eigenvalue weighted by Crippen LogP contribution is -2.43. The van der Waals surface area contributed by atoms with Crippen LogP contribution in [0, 0.1) is 5.41 Å². The van der Waals surface area contributed by atoms with E-state index in [2.05, 4.69) is 55.5 Å². The van der Waals surface area contributed by atoms with Gasteiger partial charge in [-0.2, -0.15) is 0 Å². The van der Waals surface area contributed by atoms with E-state index in [1.807, 2.05) is 11.3 Å². The molecule has 20 heavy (non-hydrogen) atoms. The zero-order chi connectivity index (χ0) is 14.8. The highest BCUT2D eigenvalue weighted by molar-refractivity contribution is 7.09. The Morgan fingerprint density at radius 3 is 2.55 bits per heavy atom. The van der Waals surface area contributed by atoms with Gasteiger partial charge in [-0.3, -0.25) is 0 Å². The van der Waals surface area contributed by atoms with Crippen LogP contribution in [0.1, 0.15) is 44.9 Å². The fourth-order valence-corrected chi connectivity index (χ4v) is 3.42. The fraction of sp³-hybridized carbons (Fsp3) is 0.765. The smallest absolute Gasteiger partial charge is 0.00579 e. The van der Waals surface area contributed by atoms with Gasteiger partial charge in [0.25, 0.3) is 0 Å². The first kappa shape index (κ1) is 17.7. The molecule has 0 spiro atoms. The molecular weight excluding hydrogens is 264 g/mol. The molecular formula is C17H32N2S. The van der Waals surface area contributed by atoms with Crippen LogP contribution in [0.25, 0.3) is 0 Å². The highest BCUT2D eigenvalue weighted by Gasteiger charge is 2.27. The van der Waals surface area contributed by atoms with Crippen molar-refractivity contribution in [1.82, 2.24) is 10.2 Å². The Labute approximate surface area is 129 Å². The van der Waals surface area contributed by atoms with Crippen molar-refractivity contribution in [3.05, 3.63) is 22.4 Å². The molecule has 2 nitrogen and oxygen atoms in total. The van der Waals surface area contributed by atoms with Crippen molar-refractivity contribution >= 4 is 11.3 Å². The minimum atomic E-state index is 0.430. The molecule has 0 unspecified atom stereocenters. The van der Waals surface area contributed by atoms with Crippen molar-refractivity contribution in [1.29, 1.82) is 0 Å². The summed E-state index contributed by atoms with van der Waals surface area (Å²) in [5.74, 6) is 0. The van der Waals surface area contributed by atoms with Gasteiger partial charge in [0.2, 0.25) is 0 Å². The summed E-state index contributed by atoms with van der Waals surface area (Å²) in [6.45, 7) is 11.6. The van der Waals surface area contributed by atoms with Crippen LogP contribution >= 0.6 is 11.3 Å². The Hall–Kier alpha value is -0.380. The Bertz CT molecular complexity index is 331. The first-order valence-electron chi connectivity index (χ1n) is 8.07. The van der Waals surface area contributed by atoms with E-state index in [1.54, 1.807) is 0 Å². The van der Waals surface area contributed by atoms with Gasteiger partial charge in [-0.25, -0.2) is 0 Å². The minimum Gasteiger partial charge on any atom is -0.316 e. The Morgan fingerprint density at radius 2 is 2.00 bits per heavy atom. The van der Waals surface area contributed by atoms with Crippen LogP contribution in [0.2, 0.25) is 0 Å². The van der Waals surface area contributed by atoms with E-state index in [0.717, 1.165) is 19.6 Å². The molecule has 1 heterocycles. The maximum Gasteiger partial charge on any atom is 0.00579 e. The van der Waals surface area contributed by atoms with Gasteiger partial charge in [0, 0.05) is 24.5 Å². The van der Waals surface area contributed by atoms with E-state index >= 15 is 0 Å². The second kappa shape index (κ2) is 9.54. The third-order valence-corrected chi connectivity index (χ3v) is 5.29. The average molecular weight is 297 g/mol. The van der Waals surface area contributed by atoms with Gasteiger partial charge in [-0.05, 0) is 56.1 Å². The Balaban J connectivity index is 2.42. The van der Waals surface area contributed by atoms with Crippen molar-refractivity contribution < 1.29 is 0 Å². The summed E-state index contributed by atoms with van der Waals surface area (Å²) in [5, 5.41) is 5.80. The van der Waals surface area contributed by atoms with Crippen LogP contribution in [0.5, 0.6) is 0 Å². The summed E-state index contributed by atoms with van der Waals surface area (Å²) in [7, 11) is 2.27. The largest absolute Gasteiger partial charge is 0.316 e. The maximum absolute atomic E-state index is 3.63. The van der Waals surface area contributed by atoms with Gasteiger partial charge >= 0.3 is 0 Å². The molecule has 0 saturated heterocycles. The molecule has 0 bridgehead atoms. The minimum absolute atomic E-state index is 0.430. The molecule has 0 aliphatic heterocycles. The first-order valence-corrected chi connectivity index (χ1v) is 8.95. The van der Waals surface area contributed by atoms with Crippen LogP contribution in [0.4, 0.5) is 0 Å². The van der Waals surface area contributed by atoms with E-state index in [9.17, 15) is 0 Å². The molecule has 0 saturated carbocycles. The molecule has 1 aromatic heterocycles. The topological polar surface area (TPSA) is 15.3 Å². The lowest BCUT2D eigenvalue weighted by molar-refractivity contribution is 0.156. The van der Waals surface area contributed by atoms with Crippen molar-refractivity contribution in [2.75, 3.05) is 33.2 Å². The van der Waals surface area contributed by atoms with Gasteiger partial charge in [0.15, 0.2) is 0 Å². The van der Waals surface area contributed by atoms with Crippen molar-refractivity contribution in [3.8, 4) is 0 Å². The number of hydrogen-bond acceptors (Lipinski definition) is 3. The van der Waals surface area contributed by atoms with Crippen molar-refractivity contribution in [3.63, 3.8) is 0 Å². The molecule has 0 fully saturated rings.